The zero-order valence-corrected chi connectivity index (χ0v) is 20.3. The number of nitrogens with two attached hydrogens (primary N) is 1. The van der Waals surface area contributed by atoms with E-state index in [-0.39, 0.29) is 22.8 Å². The molecule has 0 spiro atoms. The highest BCUT2D eigenvalue weighted by atomic mass is 32.2. The van der Waals surface area contributed by atoms with Gasteiger partial charge in [0.25, 0.3) is 0 Å². The van der Waals surface area contributed by atoms with E-state index in [2.05, 4.69) is 6.58 Å². The maximum absolute atomic E-state index is 14.5. The number of rotatable bonds is 6. The van der Waals surface area contributed by atoms with Crippen molar-refractivity contribution in [2.45, 2.75) is 30.8 Å². The average Bonchev–Trinajstić information content (AvgIpc) is 2.80. The first-order valence-electron chi connectivity index (χ1n) is 10.8. The quantitative estimate of drug-likeness (QED) is 0.628. The molecule has 8 nitrogen and oxygen atoms in total. The van der Waals surface area contributed by atoms with Crippen molar-refractivity contribution < 1.29 is 22.4 Å². The number of sulfonamides is 1. The maximum Gasteiger partial charge on any atom is 0.250 e. The summed E-state index contributed by atoms with van der Waals surface area (Å²) in [6, 6.07) is 9.40. The highest BCUT2D eigenvalue weighted by molar-refractivity contribution is 7.89. The van der Waals surface area contributed by atoms with Gasteiger partial charge in [-0.3, -0.25) is 9.59 Å². The van der Waals surface area contributed by atoms with Gasteiger partial charge in [0.05, 0.1) is 4.90 Å². The molecule has 2 N–H and O–H groups in total. The van der Waals surface area contributed by atoms with E-state index in [4.69, 9.17) is 5.14 Å². The Morgan fingerprint density at radius 3 is 2.38 bits per heavy atom. The molecule has 1 heterocycles. The van der Waals surface area contributed by atoms with Gasteiger partial charge in [-0.25, -0.2) is 17.9 Å². The smallest absolute Gasteiger partial charge is 0.250 e. The number of carbonyl (C=O) groups excluding carboxylic acids is 2. The molecule has 0 bridgehead atoms. The number of piperazine rings is 1. The van der Waals surface area contributed by atoms with Gasteiger partial charge in [0.2, 0.25) is 21.8 Å². The van der Waals surface area contributed by atoms with Crippen LogP contribution in [0.4, 0.5) is 10.1 Å². The Labute approximate surface area is 199 Å². The van der Waals surface area contributed by atoms with Crippen LogP contribution in [-0.4, -0.2) is 62.8 Å². The summed E-state index contributed by atoms with van der Waals surface area (Å²) in [7, 11) is -2.18. The molecule has 2 amide bonds. The van der Waals surface area contributed by atoms with Crippen LogP contribution in [0.25, 0.3) is 0 Å². The Kier molecular flexibility index (Phi) is 7.42. The van der Waals surface area contributed by atoms with Crippen molar-refractivity contribution in [3.8, 4) is 0 Å². The zero-order valence-electron chi connectivity index (χ0n) is 19.4. The molecule has 2 aromatic carbocycles. The normalized spacial score (nSPS) is 17.3. The molecule has 34 heavy (non-hydrogen) atoms. The van der Waals surface area contributed by atoms with E-state index in [1.54, 1.807) is 52.9 Å². The third-order valence-electron chi connectivity index (χ3n) is 6.10. The first kappa shape index (κ1) is 25.4. The predicted octanol–water partition coefficient (Wildman–Crippen LogP) is 2.20. The monoisotopic (exact) mass is 488 g/mol. The number of anilines is 1. The van der Waals surface area contributed by atoms with Gasteiger partial charge in [0.1, 0.15) is 11.9 Å². The average molecular weight is 489 g/mol. The molecular weight excluding hydrogens is 459 g/mol. The Morgan fingerprint density at radius 1 is 1.21 bits per heavy atom. The van der Waals surface area contributed by atoms with Crippen molar-refractivity contribution in [2.24, 2.45) is 5.14 Å². The molecule has 2 aromatic rings. The lowest BCUT2D eigenvalue weighted by Gasteiger charge is -2.42. The first-order valence-corrected chi connectivity index (χ1v) is 12.3. The minimum Gasteiger partial charge on any atom is -0.359 e. The van der Waals surface area contributed by atoms with E-state index in [0.717, 1.165) is 0 Å². The van der Waals surface area contributed by atoms with Crippen LogP contribution in [0.1, 0.15) is 24.1 Å². The molecule has 0 radical (unpaired) electrons. The van der Waals surface area contributed by atoms with Gasteiger partial charge in [0, 0.05) is 38.4 Å². The Balaban J connectivity index is 1.96. The minimum absolute atomic E-state index is 0.0502. The zero-order chi connectivity index (χ0) is 25.2. The fourth-order valence-corrected chi connectivity index (χ4v) is 4.62. The number of carbonyl (C=O) groups is 2. The van der Waals surface area contributed by atoms with Gasteiger partial charge < -0.3 is 14.7 Å². The fraction of sp³-hybridized carbons (Fsp3) is 0.333. The van der Waals surface area contributed by atoms with Gasteiger partial charge in [-0.15, -0.1) is 0 Å². The molecule has 0 aromatic heterocycles. The van der Waals surface area contributed by atoms with Crippen molar-refractivity contribution in [3.63, 3.8) is 0 Å². The lowest BCUT2D eigenvalue weighted by atomic mass is 10.0. The fourth-order valence-electron chi connectivity index (χ4n) is 4.11. The molecular formula is C24H29FN4O4S. The number of benzene rings is 2. The summed E-state index contributed by atoms with van der Waals surface area (Å²) >= 11 is 0. The van der Waals surface area contributed by atoms with Crippen molar-refractivity contribution >= 4 is 27.5 Å². The van der Waals surface area contributed by atoms with Gasteiger partial charge >= 0.3 is 0 Å². The molecule has 1 fully saturated rings. The number of halogens is 1. The molecule has 1 aliphatic heterocycles. The highest BCUT2D eigenvalue weighted by Crippen LogP contribution is 2.30. The third kappa shape index (κ3) is 5.28. The molecule has 2 atom stereocenters. The molecule has 182 valence electrons. The first-order chi connectivity index (χ1) is 15.9. The SMILES string of the molecule is C=CC(=O)N1CCN(C(=O)[C@H](c2ccc(C)c(F)c2)N(C)c2ccc(S(N)(=O)=O)cc2)C[C@H]1C. The van der Waals surface area contributed by atoms with Crippen LogP contribution >= 0.6 is 0 Å². The number of hydrogen-bond acceptors (Lipinski definition) is 5. The maximum atomic E-state index is 14.5. The Hall–Kier alpha value is -3.24. The van der Waals surface area contributed by atoms with Crippen LogP contribution in [0.5, 0.6) is 0 Å². The Morgan fingerprint density at radius 2 is 1.85 bits per heavy atom. The summed E-state index contributed by atoms with van der Waals surface area (Å²) in [6.45, 7) is 8.03. The summed E-state index contributed by atoms with van der Waals surface area (Å²) < 4.78 is 37.7. The number of amides is 2. The van der Waals surface area contributed by atoms with Crippen LogP contribution in [0.15, 0.2) is 60.0 Å². The second-order valence-electron chi connectivity index (χ2n) is 8.43. The van der Waals surface area contributed by atoms with E-state index in [1.165, 1.54) is 24.3 Å². The van der Waals surface area contributed by atoms with Crippen molar-refractivity contribution in [3.05, 3.63) is 72.1 Å². The second kappa shape index (κ2) is 9.94. The lowest BCUT2D eigenvalue weighted by Crippen LogP contribution is -2.56. The summed E-state index contributed by atoms with van der Waals surface area (Å²) in [4.78, 5) is 30.8. The molecule has 0 saturated carbocycles. The van der Waals surface area contributed by atoms with E-state index in [1.807, 2.05) is 6.92 Å². The van der Waals surface area contributed by atoms with Gasteiger partial charge in [0.15, 0.2) is 0 Å². The van der Waals surface area contributed by atoms with Gasteiger partial charge in [-0.05, 0) is 61.4 Å². The third-order valence-corrected chi connectivity index (χ3v) is 7.03. The largest absolute Gasteiger partial charge is 0.359 e. The van der Waals surface area contributed by atoms with Crippen LogP contribution < -0.4 is 10.0 Å². The summed E-state index contributed by atoms with van der Waals surface area (Å²) in [6.07, 6.45) is 1.25. The summed E-state index contributed by atoms with van der Waals surface area (Å²) in [5.74, 6) is -0.870. The molecule has 0 unspecified atom stereocenters. The van der Waals surface area contributed by atoms with Crippen LogP contribution in [0.2, 0.25) is 0 Å². The number of nitrogens with zero attached hydrogens (tertiary/aromatic N) is 3. The van der Waals surface area contributed by atoms with Crippen molar-refractivity contribution in [1.29, 1.82) is 0 Å². The summed E-state index contributed by atoms with van der Waals surface area (Å²) in [5, 5.41) is 5.19. The summed E-state index contributed by atoms with van der Waals surface area (Å²) in [5.41, 5.74) is 1.48. The number of aryl methyl sites for hydroxylation is 1. The molecule has 0 aliphatic carbocycles. The molecule has 10 heteroatoms. The molecule has 3 rings (SSSR count). The van der Waals surface area contributed by atoms with Gasteiger partial charge in [-0.2, -0.15) is 0 Å². The van der Waals surface area contributed by atoms with Crippen LogP contribution in [0.3, 0.4) is 0 Å². The number of likely N-dealkylation sites (N-methyl/N-ethyl adjacent to an activating group) is 1. The number of primary sulfonamides is 1. The van der Waals surface area contributed by atoms with Crippen molar-refractivity contribution in [2.75, 3.05) is 31.6 Å². The minimum atomic E-state index is -3.86. The standard InChI is InChI=1S/C24H29FN4O4S/c1-5-22(30)29-13-12-28(15-17(29)3)24(31)23(18-7-6-16(2)21(25)14-18)27(4)19-8-10-20(11-9-19)34(26,32)33/h5-11,14,17,23H,1,12-13,15H2,2-4H3,(H2,26,32,33)/t17-,23+/m1/s1. The van der Waals surface area contributed by atoms with E-state index in [9.17, 15) is 22.4 Å². The lowest BCUT2D eigenvalue weighted by molar-refractivity contribution is -0.140. The van der Waals surface area contributed by atoms with Crippen LogP contribution in [0, 0.1) is 12.7 Å². The van der Waals surface area contributed by atoms with Gasteiger partial charge in [-0.1, -0.05) is 18.7 Å². The van der Waals surface area contributed by atoms with E-state index < -0.39 is 21.9 Å². The van der Waals surface area contributed by atoms with Crippen molar-refractivity contribution in [1.82, 2.24) is 9.80 Å². The predicted molar refractivity (Wildman–Crippen MR) is 128 cm³/mol. The van der Waals surface area contributed by atoms with Crippen LogP contribution in [-0.2, 0) is 19.6 Å². The topological polar surface area (TPSA) is 104 Å². The van der Waals surface area contributed by atoms with E-state index in [0.29, 0.717) is 36.4 Å². The molecule has 1 saturated heterocycles. The Bertz CT molecular complexity index is 1200. The van der Waals surface area contributed by atoms with E-state index >= 15 is 0 Å². The number of hydrogen-bond donors (Lipinski definition) is 1. The highest BCUT2D eigenvalue weighted by Gasteiger charge is 2.35. The second-order valence-corrected chi connectivity index (χ2v) is 9.99. The molecule has 1 aliphatic rings.